The Morgan fingerprint density at radius 1 is 1.00 bits per heavy atom. The zero-order chi connectivity index (χ0) is 21.5. The molecule has 1 atom stereocenters. The average molecular weight is 415 g/mol. The van der Waals surface area contributed by atoms with Crippen LogP contribution < -0.4 is 4.90 Å². The van der Waals surface area contributed by atoms with E-state index in [1.165, 1.54) is 0 Å². The Morgan fingerprint density at radius 3 is 2.48 bits per heavy atom. The lowest BCUT2D eigenvalue weighted by molar-refractivity contribution is -0.136. The Bertz CT molecular complexity index is 1250. The number of hydrogen-bond donors (Lipinski definition) is 0. The van der Waals surface area contributed by atoms with E-state index >= 15 is 0 Å². The number of carbonyl (C=O) groups is 1. The van der Waals surface area contributed by atoms with Crippen LogP contribution in [0.15, 0.2) is 54.6 Å². The molecule has 5 rings (SSSR count). The van der Waals surface area contributed by atoms with E-state index in [0.29, 0.717) is 13.1 Å². The summed E-state index contributed by atoms with van der Waals surface area (Å²) in [7, 11) is 0. The molecule has 7 nitrogen and oxygen atoms in total. The lowest BCUT2D eigenvalue weighted by atomic mass is 10.1. The summed E-state index contributed by atoms with van der Waals surface area (Å²) in [5.74, 6) is 1.80. The molecule has 2 aromatic heterocycles. The predicted molar refractivity (Wildman–Crippen MR) is 122 cm³/mol. The summed E-state index contributed by atoms with van der Waals surface area (Å²) in [6.07, 6.45) is 0. The number of anilines is 1. The molecule has 1 aliphatic heterocycles. The summed E-state index contributed by atoms with van der Waals surface area (Å²) in [4.78, 5) is 21.9. The molecule has 0 saturated carbocycles. The molecule has 3 heterocycles. The fraction of sp³-hybridized carbons (Fsp3) is 0.333. The zero-order valence-electron chi connectivity index (χ0n) is 18.1. The molecule has 31 heavy (non-hydrogen) atoms. The molecule has 1 amide bonds. The monoisotopic (exact) mass is 414 g/mol. The lowest BCUT2D eigenvalue weighted by Gasteiger charge is -2.41. The highest BCUT2D eigenvalue weighted by atomic mass is 16.2. The molecule has 0 bridgehead atoms. The lowest BCUT2D eigenvalue weighted by Crippen LogP contribution is -2.55. The van der Waals surface area contributed by atoms with E-state index in [-0.39, 0.29) is 17.9 Å². The molecule has 1 unspecified atom stereocenters. The van der Waals surface area contributed by atoms with Gasteiger partial charge in [0.25, 0.3) is 0 Å². The number of fused-ring (bicyclic) bond motifs is 3. The van der Waals surface area contributed by atoms with Gasteiger partial charge in [-0.3, -0.25) is 4.79 Å². The van der Waals surface area contributed by atoms with Crippen molar-refractivity contribution in [3.05, 3.63) is 54.6 Å². The molecule has 1 saturated heterocycles. The average Bonchev–Trinajstić information content (AvgIpc) is 3.24. The second kappa shape index (κ2) is 7.65. The van der Waals surface area contributed by atoms with E-state index in [1.807, 2.05) is 73.3 Å². The van der Waals surface area contributed by atoms with Crippen molar-refractivity contribution in [3.63, 3.8) is 0 Å². The molecular formula is C24H26N6O. The van der Waals surface area contributed by atoms with Crippen LogP contribution in [0.5, 0.6) is 0 Å². The van der Waals surface area contributed by atoms with Gasteiger partial charge in [-0.15, -0.1) is 10.2 Å². The van der Waals surface area contributed by atoms with Gasteiger partial charge in [0.2, 0.25) is 11.9 Å². The van der Waals surface area contributed by atoms with Crippen molar-refractivity contribution in [3.8, 4) is 11.4 Å². The first-order valence-corrected chi connectivity index (χ1v) is 10.8. The maximum Gasteiger partial charge on any atom is 0.225 e. The van der Waals surface area contributed by atoms with Gasteiger partial charge in [0.15, 0.2) is 11.5 Å². The first kappa shape index (κ1) is 19.5. The third-order valence-corrected chi connectivity index (χ3v) is 5.95. The molecule has 158 valence electrons. The van der Waals surface area contributed by atoms with Crippen LogP contribution in [0.3, 0.4) is 0 Å². The smallest absolute Gasteiger partial charge is 0.225 e. The number of nitrogens with zero attached hydrogens (tertiary/aromatic N) is 6. The summed E-state index contributed by atoms with van der Waals surface area (Å²) in [6.45, 7) is 8.13. The van der Waals surface area contributed by atoms with E-state index in [2.05, 4.69) is 26.4 Å². The highest BCUT2D eigenvalue weighted by Gasteiger charge is 2.31. The van der Waals surface area contributed by atoms with Crippen LogP contribution in [0.1, 0.15) is 20.8 Å². The van der Waals surface area contributed by atoms with Crippen molar-refractivity contribution in [1.29, 1.82) is 0 Å². The quantitative estimate of drug-likeness (QED) is 0.512. The van der Waals surface area contributed by atoms with E-state index < -0.39 is 0 Å². The highest BCUT2D eigenvalue weighted by molar-refractivity contribution is 5.93. The summed E-state index contributed by atoms with van der Waals surface area (Å²) in [5, 5.41) is 10.1. The van der Waals surface area contributed by atoms with E-state index in [0.717, 1.165) is 40.4 Å². The number of para-hydroxylation sites is 1. The van der Waals surface area contributed by atoms with Crippen LogP contribution in [0.25, 0.3) is 27.9 Å². The van der Waals surface area contributed by atoms with Gasteiger partial charge in [0.1, 0.15) is 0 Å². The number of carbonyl (C=O) groups excluding carboxylic acids is 1. The fourth-order valence-corrected chi connectivity index (χ4v) is 4.35. The summed E-state index contributed by atoms with van der Waals surface area (Å²) < 4.78 is 2.06. The SMILES string of the molecule is CC(C)C(=O)N1CCN(c2nc3ccccc3c3nnc(-c4ccccc4)n23)CC1C. The number of rotatable bonds is 3. The Kier molecular flexibility index (Phi) is 4.81. The van der Waals surface area contributed by atoms with E-state index in [9.17, 15) is 4.79 Å². The first-order valence-electron chi connectivity index (χ1n) is 10.8. The van der Waals surface area contributed by atoms with E-state index in [4.69, 9.17) is 4.98 Å². The topological polar surface area (TPSA) is 66.6 Å². The molecule has 7 heteroatoms. The van der Waals surface area contributed by atoms with Gasteiger partial charge >= 0.3 is 0 Å². The molecule has 1 fully saturated rings. The maximum atomic E-state index is 12.6. The predicted octanol–water partition coefficient (Wildman–Crippen LogP) is 3.64. The number of hydrogen-bond acceptors (Lipinski definition) is 5. The molecular weight excluding hydrogens is 388 g/mol. The third-order valence-electron chi connectivity index (χ3n) is 5.95. The van der Waals surface area contributed by atoms with Crippen molar-refractivity contribution in [2.24, 2.45) is 5.92 Å². The minimum Gasteiger partial charge on any atom is -0.338 e. The normalized spacial score (nSPS) is 17.1. The van der Waals surface area contributed by atoms with Crippen LogP contribution >= 0.6 is 0 Å². The molecule has 4 aromatic rings. The van der Waals surface area contributed by atoms with Crippen molar-refractivity contribution >= 4 is 28.4 Å². The summed E-state index contributed by atoms with van der Waals surface area (Å²) >= 11 is 0. The fourth-order valence-electron chi connectivity index (χ4n) is 4.35. The van der Waals surface area contributed by atoms with Gasteiger partial charge in [-0.1, -0.05) is 56.3 Å². The number of piperazine rings is 1. The third kappa shape index (κ3) is 3.30. The van der Waals surface area contributed by atoms with Gasteiger partial charge in [0.05, 0.1) is 5.52 Å². The molecule has 1 aliphatic rings. The molecule has 0 spiro atoms. The van der Waals surface area contributed by atoms with Gasteiger partial charge in [0, 0.05) is 42.5 Å². The van der Waals surface area contributed by atoms with Gasteiger partial charge in [-0.2, -0.15) is 0 Å². The van der Waals surface area contributed by atoms with Crippen LogP contribution in [-0.4, -0.2) is 56.1 Å². The second-order valence-electron chi connectivity index (χ2n) is 8.46. The van der Waals surface area contributed by atoms with Gasteiger partial charge in [-0.05, 0) is 19.1 Å². The Labute approximate surface area is 181 Å². The standard InChI is InChI=1S/C24H26N6O/c1-16(2)23(31)29-14-13-28(15-17(29)3)24-25-20-12-8-7-11-19(20)22-27-26-21(30(22)24)18-9-5-4-6-10-18/h4-12,16-17H,13-15H2,1-3H3. The Morgan fingerprint density at radius 2 is 1.74 bits per heavy atom. The molecule has 0 aliphatic carbocycles. The second-order valence-corrected chi connectivity index (χ2v) is 8.46. The first-order chi connectivity index (χ1) is 15.0. The summed E-state index contributed by atoms with van der Waals surface area (Å²) in [5.41, 5.74) is 2.69. The van der Waals surface area contributed by atoms with Crippen LogP contribution in [0.4, 0.5) is 5.95 Å². The van der Waals surface area contributed by atoms with Crippen molar-refractivity contribution in [2.45, 2.75) is 26.8 Å². The van der Waals surface area contributed by atoms with Crippen LogP contribution in [0, 0.1) is 5.92 Å². The minimum absolute atomic E-state index is 0.00188. The van der Waals surface area contributed by atoms with Gasteiger partial charge in [-0.25, -0.2) is 9.38 Å². The minimum atomic E-state index is 0.00188. The van der Waals surface area contributed by atoms with Crippen LogP contribution in [-0.2, 0) is 4.79 Å². The molecule has 0 radical (unpaired) electrons. The largest absolute Gasteiger partial charge is 0.338 e. The van der Waals surface area contributed by atoms with Gasteiger partial charge < -0.3 is 9.80 Å². The number of amides is 1. The number of benzene rings is 2. The molecule has 0 N–H and O–H groups in total. The van der Waals surface area contributed by atoms with Crippen molar-refractivity contribution < 1.29 is 4.79 Å². The Balaban J connectivity index is 1.64. The maximum absolute atomic E-state index is 12.6. The van der Waals surface area contributed by atoms with E-state index in [1.54, 1.807) is 0 Å². The highest BCUT2D eigenvalue weighted by Crippen LogP contribution is 2.29. The van der Waals surface area contributed by atoms with Crippen LogP contribution in [0.2, 0.25) is 0 Å². The summed E-state index contributed by atoms with van der Waals surface area (Å²) in [6, 6.07) is 18.2. The number of aromatic nitrogens is 4. The Hall–Kier alpha value is -3.48. The molecule has 2 aromatic carbocycles. The van der Waals surface area contributed by atoms with Crippen molar-refractivity contribution in [1.82, 2.24) is 24.5 Å². The zero-order valence-corrected chi connectivity index (χ0v) is 18.1. The van der Waals surface area contributed by atoms with Crippen molar-refractivity contribution in [2.75, 3.05) is 24.5 Å².